The molecule has 23 heavy (non-hydrogen) atoms. The van der Waals surface area contributed by atoms with Gasteiger partial charge in [-0.05, 0) is 49.7 Å². The number of anilines is 1. The number of para-hydroxylation sites is 1. The molecule has 2 aromatic carbocycles. The second kappa shape index (κ2) is 7.48. The van der Waals surface area contributed by atoms with Gasteiger partial charge in [-0.3, -0.25) is 4.55 Å². The van der Waals surface area contributed by atoms with Crippen molar-refractivity contribution in [1.82, 2.24) is 0 Å². The van der Waals surface area contributed by atoms with Crippen LogP contribution in [-0.2, 0) is 10.1 Å². The number of nitrogens with zero attached hydrogens (tertiary/aromatic N) is 1. The van der Waals surface area contributed by atoms with E-state index in [1.807, 2.05) is 12.1 Å². The van der Waals surface area contributed by atoms with E-state index in [0.717, 1.165) is 13.1 Å². The SMILES string of the molecule is CCN(CCOc1ccc(S(=O)(=O)O)cc1)c1ccccc1C. The van der Waals surface area contributed by atoms with Crippen LogP contribution in [0.2, 0.25) is 0 Å². The van der Waals surface area contributed by atoms with Crippen LogP contribution in [0.3, 0.4) is 0 Å². The van der Waals surface area contributed by atoms with Gasteiger partial charge < -0.3 is 9.64 Å². The van der Waals surface area contributed by atoms with Crippen LogP contribution < -0.4 is 9.64 Å². The van der Waals surface area contributed by atoms with Crippen molar-refractivity contribution in [2.45, 2.75) is 18.7 Å². The van der Waals surface area contributed by atoms with Gasteiger partial charge in [0.1, 0.15) is 12.4 Å². The van der Waals surface area contributed by atoms with Gasteiger partial charge >= 0.3 is 0 Å². The Bertz CT molecular complexity index is 741. The molecule has 6 heteroatoms. The number of likely N-dealkylation sites (N-methyl/N-ethyl adjacent to an activating group) is 1. The van der Waals surface area contributed by atoms with Crippen molar-refractivity contribution in [3.8, 4) is 5.75 Å². The molecule has 5 nitrogen and oxygen atoms in total. The zero-order valence-corrected chi connectivity index (χ0v) is 14.1. The van der Waals surface area contributed by atoms with E-state index in [1.165, 1.54) is 35.5 Å². The van der Waals surface area contributed by atoms with E-state index in [-0.39, 0.29) is 4.90 Å². The van der Waals surface area contributed by atoms with Crippen LogP contribution in [0.15, 0.2) is 53.4 Å². The molecule has 0 saturated heterocycles. The maximum Gasteiger partial charge on any atom is 0.294 e. The van der Waals surface area contributed by atoms with E-state index in [4.69, 9.17) is 9.29 Å². The third-order valence-corrected chi connectivity index (χ3v) is 4.46. The Labute approximate surface area is 137 Å². The standard InChI is InChI=1S/C17H21NO4S/c1-3-18(17-7-5-4-6-14(17)2)12-13-22-15-8-10-16(11-9-15)23(19,20)21/h4-11H,3,12-13H2,1-2H3,(H,19,20,21). The zero-order valence-electron chi connectivity index (χ0n) is 13.3. The molecule has 0 atom stereocenters. The fourth-order valence-corrected chi connectivity index (χ4v) is 2.83. The Balaban J connectivity index is 1.95. The first-order valence-electron chi connectivity index (χ1n) is 7.42. The van der Waals surface area contributed by atoms with Gasteiger partial charge in [-0.15, -0.1) is 0 Å². The minimum absolute atomic E-state index is 0.139. The lowest BCUT2D eigenvalue weighted by atomic mass is 10.2. The normalized spacial score (nSPS) is 11.3. The lowest BCUT2D eigenvalue weighted by Gasteiger charge is -2.24. The molecule has 2 aromatic rings. The van der Waals surface area contributed by atoms with Crippen molar-refractivity contribution >= 4 is 15.8 Å². The second-order valence-electron chi connectivity index (χ2n) is 5.16. The van der Waals surface area contributed by atoms with E-state index < -0.39 is 10.1 Å². The van der Waals surface area contributed by atoms with Gasteiger partial charge in [-0.1, -0.05) is 18.2 Å². The quantitative estimate of drug-likeness (QED) is 0.787. The van der Waals surface area contributed by atoms with E-state index >= 15 is 0 Å². The Morgan fingerprint density at radius 1 is 1.09 bits per heavy atom. The third-order valence-electron chi connectivity index (χ3n) is 3.59. The van der Waals surface area contributed by atoms with Crippen LogP contribution in [0.4, 0.5) is 5.69 Å². The van der Waals surface area contributed by atoms with Gasteiger partial charge in [0, 0.05) is 12.2 Å². The first-order chi connectivity index (χ1) is 10.9. The van der Waals surface area contributed by atoms with Crippen molar-refractivity contribution in [3.05, 3.63) is 54.1 Å². The highest BCUT2D eigenvalue weighted by Crippen LogP contribution is 2.19. The Hall–Kier alpha value is -2.05. The van der Waals surface area contributed by atoms with Gasteiger partial charge in [0.25, 0.3) is 10.1 Å². The summed E-state index contributed by atoms with van der Waals surface area (Å²) >= 11 is 0. The van der Waals surface area contributed by atoms with Crippen molar-refractivity contribution in [2.75, 3.05) is 24.6 Å². The summed E-state index contributed by atoms with van der Waals surface area (Å²) in [6, 6.07) is 13.9. The molecule has 2 rings (SSSR count). The minimum atomic E-state index is -4.16. The smallest absolute Gasteiger partial charge is 0.294 e. The molecule has 1 N–H and O–H groups in total. The van der Waals surface area contributed by atoms with Gasteiger partial charge in [0.2, 0.25) is 0 Å². The maximum atomic E-state index is 11.0. The average molecular weight is 335 g/mol. The van der Waals surface area contributed by atoms with E-state index in [9.17, 15) is 8.42 Å². The molecule has 0 fully saturated rings. The molecule has 0 radical (unpaired) electrons. The number of ether oxygens (including phenoxy) is 1. The molecule has 0 bridgehead atoms. The maximum absolute atomic E-state index is 11.0. The highest BCUT2D eigenvalue weighted by atomic mass is 32.2. The second-order valence-corrected chi connectivity index (χ2v) is 6.58. The van der Waals surface area contributed by atoms with Crippen LogP contribution in [0.25, 0.3) is 0 Å². The fourth-order valence-electron chi connectivity index (χ4n) is 2.35. The largest absolute Gasteiger partial charge is 0.492 e. The van der Waals surface area contributed by atoms with E-state index in [2.05, 4.69) is 30.9 Å². The van der Waals surface area contributed by atoms with Crippen molar-refractivity contribution in [2.24, 2.45) is 0 Å². The molecular weight excluding hydrogens is 314 g/mol. The average Bonchev–Trinajstić information content (AvgIpc) is 2.52. The Morgan fingerprint density at radius 2 is 1.74 bits per heavy atom. The molecular formula is C17H21NO4S. The molecule has 0 saturated carbocycles. The summed E-state index contributed by atoms with van der Waals surface area (Å²) < 4.78 is 36.6. The molecule has 0 aliphatic carbocycles. The van der Waals surface area contributed by atoms with Gasteiger partial charge in [-0.25, -0.2) is 0 Å². The van der Waals surface area contributed by atoms with Crippen LogP contribution >= 0.6 is 0 Å². The summed E-state index contributed by atoms with van der Waals surface area (Å²) in [4.78, 5) is 2.09. The summed E-state index contributed by atoms with van der Waals surface area (Å²) in [5.41, 5.74) is 2.40. The number of benzene rings is 2. The predicted octanol–water partition coefficient (Wildman–Crippen LogP) is 3.15. The minimum Gasteiger partial charge on any atom is -0.492 e. The fraction of sp³-hybridized carbons (Fsp3) is 0.294. The van der Waals surface area contributed by atoms with E-state index in [1.54, 1.807) is 0 Å². The monoisotopic (exact) mass is 335 g/mol. The summed E-state index contributed by atoms with van der Waals surface area (Å²) in [7, 11) is -4.16. The van der Waals surface area contributed by atoms with Crippen molar-refractivity contribution in [3.63, 3.8) is 0 Å². The predicted molar refractivity (Wildman–Crippen MR) is 90.8 cm³/mol. The number of rotatable bonds is 7. The molecule has 0 aliphatic heterocycles. The molecule has 0 spiro atoms. The van der Waals surface area contributed by atoms with E-state index in [0.29, 0.717) is 12.4 Å². The molecule has 124 valence electrons. The summed E-state index contributed by atoms with van der Waals surface area (Å²) in [6.07, 6.45) is 0. The lowest BCUT2D eigenvalue weighted by Crippen LogP contribution is -2.28. The Kier molecular flexibility index (Phi) is 5.63. The molecule has 0 unspecified atom stereocenters. The summed E-state index contributed by atoms with van der Waals surface area (Å²) in [5.74, 6) is 0.568. The van der Waals surface area contributed by atoms with Crippen LogP contribution in [0, 0.1) is 6.92 Å². The molecule has 0 amide bonds. The topological polar surface area (TPSA) is 66.8 Å². The van der Waals surface area contributed by atoms with Crippen LogP contribution in [0.1, 0.15) is 12.5 Å². The third kappa shape index (κ3) is 4.71. The summed E-state index contributed by atoms with van der Waals surface area (Å²) in [6.45, 7) is 6.24. The number of aryl methyl sites for hydroxylation is 1. The first kappa shape index (κ1) is 17.3. The highest BCUT2D eigenvalue weighted by molar-refractivity contribution is 7.85. The van der Waals surface area contributed by atoms with Gasteiger partial charge in [-0.2, -0.15) is 8.42 Å². The number of hydrogen-bond donors (Lipinski definition) is 1. The number of hydrogen-bond acceptors (Lipinski definition) is 4. The molecule has 0 aromatic heterocycles. The van der Waals surface area contributed by atoms with Gasteiger partial charge in [0.15, 0.2) is 0 Å². The zero-order chi connectivity index (χ0) is 16.9. The van der Waals surface area contributed by atoms with Crippen LogP contribution in [0.5, 0.6) is 5.75 Å². The van der Waals surface area contributed by atoms with Crippen molar-refractivity contribution < 1.29 is 17.7 Å². The van der Waals surface area contributed by atoms with Gasteiger partial charge in [0.05, 0.1) is 11.4 Å². The molecule has 0 heterocycles. The Morgan fingerprint density at radius 3 is 2.30 bits per heavy atom. The summed E-state index contributed by atoms with van der Waals surface area (Å²) in [5, 5.41) is 0. The lowest BCUT2D eigenvalue weighted by molar-refractivity contribution is 0.324. The molecule has 0 aliphatic rings. The first-order valence-corrected chi connectivity index (χ1v) is 8.86. The highest BCUT2D eigenvalue weighted by Gasteiger charge is 2.09. The van der Waals surface area contributed by atoms with Crippen molar-refractivity contribution in [1.29, 1.82) is 0 Å². The van der Waals surface area contributed by atoms with Crippen LogP contribution in [-0.4, -0.2) is 32.7 Å².